The van der Waals surface area contributed by atoms with E-state index in [1.807, 2.05) is 43.3 Å². The van der Waals surface area contributed by atoms with Gasteiger partial charge >= 0.3 is 5.97 Å². The first-order chi connectivity index (χ1) is 12.6. The molecule has 26 heavy (non-hydrogen) atoms. The van der Waals surface area contributed by atoms with Crippen LogP contribution in [-0.4, -0.2) is 31.1 Å². The maximum absolute atomic E-state index is 12.5. The molecule has 134 valence electrons. The molecular formula is C20H20N2O4. The van der Waals surface area contributed by atoms with Crippen molar-refractivity contribution in [2.75, 3.05) is 18.1 Å². The third-order valence-electron chi connectivity index (χ3n) is 3.66. The maximum atomic E-state index is 12.5. The predicted molar refractivity (Wildman–Crippen MR) is 96.7 cm³/mol. The fourth-order valence-electron chi connectivity index (χ4n) is 2.40. The number of hydrogen-bond donors (Lipinski definition) is 0. The summed E-state index contributed by atoms with van der Waals surface area (Å²) in [6.07, 6.45) is -0.947. The summed E-state index contributed by atoms with van der Waals surface area (Å²) < 4.78 is 10.5. The summed E-state index contributed by atoms with van der Waals surface area (Å²) in [5.41, 5.74) is 1.06. The van der Waals surface area contributed by atoms with Gasteiger partial charge in [-0.15, -0.1) is 0 Å². The number of nitrogens with zero attached hydrogens (tertiary/aromatic N) is 2. The molecule has 0 aromatic heterocycles. The van der Waals surface area contributed by atoms with Gasteiger partial charge < -0.3 is 14.4 Å². The van der Waals surface area contributed by atoms with E-state index in [1.54, 1.807) is 29.2 Å². The maximum Gasteiger partial charge on any atom is 0.344 e. The van der Waals surface area contributed by atoms with Gasteiger partial charge in [0, 0.05) is 12.2 Å². The molecule has 0 fully saturated rings. The predicted octanol–water partition coefficient (Wildman–Crippen LogP) is 2.92. The summed E-state index contributed by atoms with van der Waals surface area (Å²) in [7, 11) is 0. The molecule has 0 N–H and O–H groups in total. The molecule has 1 amide bonds. The van der Waals surface area contributed by atoms with E-state index in [-0.39, 0.29) is 12.5 Å². The summed E-state index contributed by atoms with van der Waals surface area (Å²) in [5, 5.41) is 9.00. The van der Waals surface area contributed by atoms with E-state index in [2.05, 4.69) is 0 Å². The third kappa shape index (κ3) is 4.84. The Hall–Kier alpha value is -3.33. The van der Waals surface area contributed by atoms with Crippen molar-refractivity contribution in [3.63, 3.8) is 0 Å². The lowest BCUT2D eigenvalue weighted by molar-refractivity contribution is -0.155. The summed E-state index contributed by atoms with van der Waals surface area (Å²) in [4.78, 5) is 26.1. The number of carbonyl (C=O) groups is 2. The number of nitriles is 1. The van der Waals surface area contributed by atoms with Crippen LogP contribution in [0.2, 0.25) is 0 Å². The first kappa shape index (κ1) is 19.0. The molecule has 0 bridgehead atoms. The zero-order chi connectivity index (χ0) is 18.9. The monoisotopic (exact) mass is 352 g/mol. The van der Waals surface area contributed by atoms with E-state index in [4.69, 9.17) is 14.7 Å². The zero-order valence-electron chi connectivity index (χ0n) is 14.7. The van der Waals surface area contributed by atoms with Crippen molar-refractivity contribution in [2.24, 2.45) is 0 Å². The number of hydrogen-bond acceptors (Lipinski definition) is 5. The number of amides is 1. The second-order valence-electron chi connectivity index (χ2n) is 5.45. The Labute approximate surface area is 152 Å². The van der Waals surface area contributed by atoms with Gasteiger partial charge in [0.2, 0.25) is 0 Å². The lowest BCUT2D eigenvalue weighted by Crippen LogP contribution is -2.40. The molecule has 2 rings (SSSR count). The van der Waals surface area contributed by atoms with Gasteiger partial charge in [-0.05, 0) is 38.1 Å². The van der Waals surface area contributed by atoms with Crippen LogP contribution in [0.3, 0.4) is 0 Å². The van der Waals surface area contributed by atoms with Gasteiger partial charge in [-0.2, -0.15) is 5.26 Å². The van der Waals surface area contributed by atoms with E-state index in [1.165, 1.54) is 6.92 Å². The Morgan fingerprint density at radius 1 is 1.12 bits per heavy atom. The van der Waals surface area contributed by atoms with Gasteiger partial charge in [-0.3, -0.25) is 4.79 Å². The lowest BCUT2D eigenvalue weighted by atomic mass is 10.2. The first-order valence-corrected chi connectivity index (χ1v) is 8.24. The van der Waals surface area contributed by atoms with Crippen molar-refractivity contribution >= 4 is 17.6 Å². The summed E-state index contributed by atoms with van der Waals surface area (Å²) in [6, 6.07) is 17.7. The van der Waals surface area contributed by atoms with Crippen LogP contribution in [0.15, 0.2) is 54.6 Å². The Morgan fingerprint density at radius 3 is 2.42 bits per heavy atom. The van der Waals surface area contributed by atoms with Gasteiger partial charge in [-0.1, -0.05) is 30.3 Å². The second kappa shape index (κ2) is 9.23. The Balaban J connectivity index is 1.93. The molecular weight excluding hydrogens is 332 g/mol. The molecule has 0 aliphatic heterocycles. The number of benzene rings is 2. The van der Waals surface area contributed by atoms with E-state index in [0.29, 0.717) is 17.9 Å². The van der Waals surface area contributed by atoms with Crippen molar-refractivity contribution in [3.05, 3.63) is 60.2 Å². The van der Waals surface area contributed by atoms with Crippen molar-refractivity contribution < 1.29 is 19.1 Å². The number of rotatable bonds is 7. The molecule has 0 radical (unpaired) electrons. The standard InChI is InChI=1S/C20H20N2O4/c1-3-22(17-10-5-4-6-11-17)20(24)15(2)26-19(23)14-25-18-12-8-7-9-16(18)13-21/h4-12,15H,3,14H2,1-2H3/t15-/m1/s1. The van der Waals surface area contributed by atoms with Gasteiger partial charge in [-0.25, -0.2) is 4.79 Å². The minimum absolute atomic E-state index is 0.297. The molecule has 2 aromatic rings. The van der Waals surface area contributed by atoms with Gasteiger partial charge in [0.05, 0.1) is 5.56 Å². The number of para-hydroxylation sites is 2. The Bertz CT molecular complexity index is 799. The fourth-order valence-corrected chi connectivity index (χ4v) is 2.40. The van der Waals surface area contributed by atoms with Crippen molar-refractivity contribution in [1.29, 1.82) is 5.26 Å². The highest BCUT2D eigenvalue weighted by Crippen LogP contribution is 2.17. The van der Waals surface area contributed by atoms with Crippen LogP contribution in [0, 0.1) is 11.3 Å². The smallest absolute Gasteiger partial charge is 0.344 e. The van der Waals surface area contributed by atoms with Gasteiger partial charge in [0.1, 0.15) is 11.8 Å². The lowest BCUT2D eigenvalue weighted by Gasteiger charge is -2.24. The third-order valence-corrected chi connectivity index (χ3v) is 3.66. The van der Waals surface area contributed by atoms with E-state index >= 15 is 0 Å². The largest absolute Gasteiger partial charge is 0.481 e. The summed E-state index contributed by atoms with van der Waals surface area (Å²) in [5.74, 6) is -0.697. The van der Waals surface area contributed by atoms with Crippen LogP contribution in [0.1, 0.15) is 19.4 Å². The highest BCUT2D eigenvalue weighted by Gasteiger charge is 2.24. The molecule has 6 nitrogen and oxygen atoms in total. The number of esters is 1. The molecule has 0 saturated heterocycles. The van der Waals surface area contributed by atoms with E-state index in [0.717, 1.165) is 5.69 Å². The summed E-state index contributed by atoms with van der Waals surface area (Å²) in [6.45, 7) is 3.45. The van der Waals surface area contributed by atoms with Crippen molar-refractivity contribution in [3.8, 4) is 11.8 Å². The molecule has 0 aliphatic carbocycles. The molecule has 2 aromatic carbocycles. The summed E-state index contributed by atoms with van der Waals surface area (Å²) >= 11 is 0. The molecule has 0 saturated carbocycles. The fraction of sp³-hybridized carbons (Fsp3) is 0.250. The highest BCUT2D eigenvalue weighted by atomic mass is 16.6. The molecule has 0 unspecified atom stereocenters. The average molecular weight is 352 g/mol. The number of carbonyl (C=O) groups excluding carboxylic acids is 2. The molecule has 6 heteroatoms. The van der Waals surface area contributed by atoms with Gasteiger partial charge in [0.15, 0.2) is 12.7 Å². The van der Waals surface area contributed by atoms with E-state index < -0.39 is 12.1 Å². The van der Waals surface area contributed by atoms with Crippen LogP contribution in [0.4, 0.5) is 5.69 Å². The molecule has 0 aliphatic rings. The minimum Gasteiger partial charge on any atom is -0.481 e. The molecule has 0 spiro atoms. The van der Waals surface area contributed by atoms with Crippen LogP contribution >= 0.6 is 0 Å². The first-order valence-electron chi connectivity index (χ1n) is 8.24. The van der Waals surface area contributed by atoms with Gasteiger partial charge in [0.25, 0.3) is 5.91 Å². The Kier molecular flexibility index (Phi) is 6.75. The van der Waals surface area contributed by atoms with Crippen molar-refractivity contribution in [1.82, 2.24) is 0 Å². The number of anilines is 1. The number of likely N-dealkylation sites (N-methyl/N-ethyl adjacent to an activating group) is 1. The topological polar surface area (TPSA) is 79.6 Å². The average Bonchev–Trinajstić information content (AvgIpc) is 2.67. The highest BCUT2D eigenvalue weighted by molar-refractivity contribution is 5.97. The minimum atomic E-state index is -0.947. The second-order valence-corrected chi connectivity index (χ2v) is 5.45. The molecule has 1 atom stereocenters. The van der Waals surface area contributed by atoms with E-state index in [9.17, 15) is 9.59 Å². The van der Waals surface area contributed by atoms with Crippen molar-refractivity contribution in [2.45, 2.75) is 20.0 Å². The van der Waals surface area contributed by atoms with Crippen LogP contribution in [-0.2, 0) is 14.3 Å². The van der Waals surface area contributed by atoms with Crippen LogP contribution < -0.4 is 9.64 Å². The number of ether oxygens (including phenoxy) is 2. The SMILES string of the molecule is CCN(C(=O)[C@@H](C)OC(=O)COc1ccccc1C#N)c1ccccc1. The Morgan fingerprint density at radius 2 is 1.77 bits per heavy atom. The van der Waals surface area contributed by atoms with Crippen LogP contribution in [0.5, 0.6) is 5.75 Å². The zero-order valence-corrected chi connectivity index (χ0v) is 14.7. The van der Waals surface area contributed by atoms with Crippen LogP contribution in [0.25, 0.3) is 0 Å². The normalized spacial score (nSPS) is 11.1. The quantitative estimate of drug-likeness (QED) is 0.716. The molecule has 0 heterocycles.